The van der Waals surface area contributed by atoms with Crippen LogP contribution in [0.1, 0.15) is 43.1 Å². The summed E-state index contributed by atoms with van der Waals surface area (Å²) in [6.45, 7) is 6.25. The van der Waals surface area contributed by atoms with E-state index in [2.05, 4.69) is 14.5 Å². The lowest BCUT2D eigenvalue weighted by molar-refractivity contribution is -0.286. The van der Waals surface area contributed by atoms with Crippen LogP contribution in [0.15, 0.2) is 72.9 Å². The summed E-state index contributed by atoms with van der Waals surface area (Å²) in [4.78, 5) is 31.9. The fourth-order valence-electron chi connectivity index (χ4n) is 4.57. The van der Waals surface area contributed by atoms with Crippen LogP contribution in [0.4, 0.5) is 14.6 Å². The molecule has 0 N–H and O–H groups in total. The second kappa shape index (κ2) is 10.2. The molecule has 0 fully saturated rings. The predicted octanol–water partition coefficient (Wildman–Crippen LogP) is 6.98. The average molecular weight is 547 g/mol. The van der Waals surface area contributed by atoms with Crippen molar-refractivity contribution in [1.29, 1.82) is 0 Å². The highest BCUT2D eigenvalue weighted by molar-refractivity contribution is 6.04. The van der Waals surface area contributed by atoms with Gasteiger partial charge in [-0.2, -0.15) is 0 Å². The van der Waals surface area contributed by atoms with E-state index < -0.39 is 12.3 Å². The number of methoxy groups -OCH3 is 1. The van der Waals surface area contributed by atoms with Gasteiger partial charge in [-0.25, -0.2) is 9.78 Å². The monoisotopic (exact) mass is 546 g/mol. The van der Waals surface area contributed by atoms with Gasteiger partial charge in [-0.3, -0.25) is 9.69 Å². The Kier molecular flexibility index (Phi) is 6.91. The van der Waals surface area contributed by atoms with Gasteiger partial charge in [0.1, 0.15) is 5.82 Å². The first-order valence-corrected chi connectivity index (χ1v) is 12.7. The zero-order chi connectivity index (χ0) is 28.7. The second-order valence-electron chi connectivity index (χ2n) is 10.8. The van der Waals surface area contributed by atoms with Gasteiger partial charge in [0, 0.05) is 18.0 Å². The highest BCUT2D eigenvalue weighted by atomic mass is 19.3. The molecule has 206 valence electrons. The third-order valence-electron chi connectivity index (χ3n) is 6.43. The molecule has 4 aromatic rings. The third kappa shape index (κ3) is 5.73. The van der Waals surface area contributed by atoms with Gasteiger partial charge in [0.05, 0.1) is 19.2 Å². The van der Waals surface area contributed by atoms with Gasteiger partial charge in [0.25, 0.3) is 0 Å². The third-order valence-corrected chi connectivity index (χ3v) is 6.43. The van der Waals surface area contributed by atoms with Crippen molar-refractivity contribution in [3.8, 4) is 22.6 Å². The lowest BCUT2D eigenvalue weighted by atomic mass is 9.91. The number of esters is 1. The van der Waals surface area contributed by atoms with Crippen molar-refractivity contribution in [3.63, 3.8) is 0 Å². The molecule has 5 rings (SSSR count). The summed E-state index contributed by atoms with van der Waals surface area (Å²) in [5.74, 6) is -0.0889. The summed E-state index contributed by atoms with van der Waals surface area (Å²) < 4.78 is 40.7. The van der Waals surface area contributed by atoms with Crippen LogP contribution in [-0.4, -0.2) is 30.3 Å². The molecule has 0 bridgehead atoms. The molecule has 2 heterocycles. The van der Waals surface area contributed by atoms with Gasteiger partial charge in [0.2, 0.25) is 5.91 Å². The predicted molar refractivity (Wildman–Crippen MR) is 146 cm³/mol. The number of anilines is 1. The number of amides is 1. The minimum Gasteiger partial charge on any atom is -0.465 e. The number of halogens is 2. The standard InChI is InChI=1S/C31H28F2N2O5/c1-30(2,3)17-27(36)35(28-24-11-9-23(29(37)38-4)15-22(24)13-14-34-28)18-19-5-7-20(8-6-19)21-10-12-25-26(16-21)40-31(32,33)39-25/h5-16H,17-18H2,1-4H3. The number of benzene rings is 3. The SMILES string of the molecule is COC(=O)c1ccc2c(N(Cc3ccc(-c4ccc5c(c4)OC(F)(F)O5)cc3)C(=O)CC(C)(C)C)nccc2c1. The molecular formula is C31H28F2N2O5. The number of ether oxygens (including phenoxy) is 3. The van der Waals surface area contributed by atoms with Crippen LogP contribution in [0, 0.1) is 5.41 Å². The molecule has 0 aliphatic carbocycles. The Morgan fingerprint density at radius 2 is 1.62 bits per heavy atom. The minimum absolute atomic E-state index is 0.0142. The zero-order valence-electron chi connectivity index (χ0n) is 22.5. The number of hydrogen-bond donors (Lipinski definition) is 0. The summed E-state index contributed by atoms with van der Waals surface area (Å²) in [6.07, 6.45) is -1.77. The largest absolute Gasteiger partial charge is 0.586 e. The number of alkyl halides is 2. The number of fused-ring (bicyclic) bond motifs is 2. The molecule has 0 radical (unpaired) electrons. The maximum Gasteiger partial charge on any atom is 0.586 e. The average Bonchev–Trinajstić information content (AvgIpc) is 3.23. The van der Waals surface area contributed by atoms with E-state index in [1.807, 2.05) is 45.0 Å². The molecule has 3 aromatic carbocycles. The van der Waals surface area contributed by atoms with Crippen molar-refractivity contribution in [2.75, 3.05) is 12.0 Å². The highest BCUT2D eigenvalue weighted by Gasteiger charge is 2.43. The maximum absolute atomic E-state index is 13.6. The Morgan fingerprint density at radius 1 is 0.925 bits per heavy atom. The molecule has 0 saturated heterocycles. The Balaban J connectivity index is 1.46. The van der Waals surface area contributed by atoms with E-state index in [4.69, 9.17) is 4.74 Å². The molecule has 0 atom stereocenters. The van der Waals surface area contributed by atoms with Gasteiger partial charge in [0.15, 0.2) is 11.5 Å². The molecule has 1 aromatic heterocycles. The molecule has 0 spiro atoms. The maximum atomic E-state index is 13.6. The van der Waals surface area contributed by atoms with Crippen LogP contribution in [-0.2, 0) is 16.1 Å². The van der Waals surface area contributed by atoms with Gasteiger partial charge < -0.3 is 14.2 Å². The van der Waals surface area contributed by atoms with Crippen LogP contribution >= 0.6 is 0 Å². The number of hydrogen-bond acceptors (Lipinski definition) is 6. The quantitative estimate of drug-likeness (QED) is 0.243. The van der Waals surface area contributed by atoms with Crippen molar-refractivity contribution < 1.29 is 32.6 Å². The van der Waals surface area contributed by atoms with Gasteiger partial charge in [-0.1, -0.05) is 51.1 Å². The van der Waals surface area contributed by atoms with E-state index in [1.54, 1.807) is 41.4 Å². The molecule has 0 saturated carbocycles. The van der Waals surface area contributed by atoms with E-state index in [9.17, 15) is 18.4 Å². The molecule has 9 heteroatoms. The summed E-state index contributed by atoms with van der Waals surface area (Å²) in [5, 5.41) is 1.48. The zero-order valence-corrected chi connectivity index (χ0v) is 22.5. The Morgan fingerprint density at radius 3 is 2.33 bits per heavy atom. The normalized spacial score (nSPS) is 13.8. The molecule has 7 nitrogen and oxygen atoms in total. The lowest BCUT2D eigenvalue weighted by Crippen LogP contribution is -2.34. The number of aromatic nitrogens is 1. The van der Waals surface area contributed by atoms with E-state index in [0.29, 0.717) is 23.4 Å². The van der Waals surface area contributed by atoms with E-state index in [0.717, 1.165) is 21.9 Å². The number of carbonyl (C=O) groups is 2. The first-order valence-electron chi connectivity index (χ1n) is 12.7. The molecule has 1 amide bonds. The Bertz CT molecular complexity index is 1600. The fourth-order valence-corrected chi connectivity index (χ4v) is 4.57. The van der Waals surface area contributed by atoms with Crippen molar-refractivity contribution >= 4 is 28.5 Å². The van der Waals surface area contributed by atoms with E-state index in [-0.39, 0.29) is 29.4 Å². The smallest absolute Gasteiger partial charge is 0.465 e. The molecule has 40 heavy (non-hydrogen) atoms. The summed E-state index contributed by atoms with van der Waals surface area (Å²) in [5.41, 5.74) is 2.48. The first-order chi connectivity index (χ1) is 18.9. The van der Waals surface area contributed by atoms with Crippen LogP contribution in [0.5, 0.6) is 11.5 Å². The van der Waals surface area contributed by atoms with Crippen molar-refractivity contribution in [1.82, 2.24) is 4.98 Å². The topological polar surface area (TPSA) is 78.0 Å². The lowest BCUT2D eigenvalue weighted by Gasteiger charge is -2.27. The molecule has 0 unspecified atom stereocenters. The van der Waals surface area contributed by atoms with Crippen LogP contribution in [0.3, 0.4) is 0 Å². The molecule has 1 aliphatic heterocycles. The van der Waals surface area contributed by atoms with Crippen LogP contribution < -0.4 is 14.4 Å². The van der Waals surface area contributed by atoms with Crippen molar-refractivity contribution in [3.05, 3.63) is 84.1 Å². The van der Waals surface area contributed by atoms with Gasteiger partial charge in [-0.05, 0) is 63.9 Å². The first kappa shape index (κ1) is 27.1. The number of carbonyl (C=O) groups excluding carboxylic acids is 2. The molecular weight excluding hydrogens is 518 g/mol. The molecule has 1 aliphatic rings. The summed E-state index contributed by atoms with van der Waals surface area (Å²) in [6, 6.07) is 19.0. The van der Waals surface area contributed by atoms with Gasteiger partial charge in [-0.15, -0.1) is 8.78 Å². The van der Waals surface area contributed by atoms with Gasteiger partial charge >= 0.3 is 12.3 Å². The summed E-state index contributed by atoms with van der Waals surface area (Å²) in [7, 11) is 1.33. The minimum atomic E-state index is -3.68. The van der Waals surface area contributed by atoms with E-state index >= 15 is 0 Å². The Hall–Kier alpha value is -4.53. The van der Waals surface area contributed by atoms with Crippen molar-refractivity contribution in [2.45, 2.75) is 40.0 Å². The fraction of sp³-hybridized carbons (Fsp3) is 0.258. The van der Waals surface area contributed by atoms with E-state index in [1.165, 1.54) is 19.2 Å². The van der Waals surface area contributed by atoms with Crippen molar-refractivity contribution in [2.24, 2.45) is 5.41 Å². The van der Waals surface area contributed by atoms with Crippen LogP contribution in [0.2, 0.25) is 0 Å². The number of pyridine rings is 1. The summed E-state index contributed by atoms with van der Waals surface area (Å²) >= 11 is 0. The highest BCUT2D eigenvalue weighted by Crippen LogP contribution is 2.43. The number of rotatable bonds is 6. The second-order valence-corrected chi connectivity index (χ2v) is 10.8. The number of nitrogens with zero attached hydrogens (tertiary/aromatic N) is 2. The Labute approximate surface area is 230 Å². The van der Waals surface area contributed by atoms with Crippen LogP contribution in [0.25, 0.3) is 21.9 Å².